The minimum Gasteiger partial charge on any atom is -0.493 e. The number of hydrogen-bond donors (Lipinski definition) is 3. The zero-order chi connectivity index (χ0) is 28.9. The molecule has 2 amide bonds. The fraction of sp³-hybridized carbons (Fsp3) is 0.733. The van der Waals surface area contributed by atoms with E-state index in [4.69, 9.17) is 19.9 Å². The first-order valence-electron chi connectivity index (χ1n) is 13.9. The SMILES string of the molecule is COCCCOc1cc(CC(CCC(O)CC(C(=O)NCC(C)(C)C(N)=O)C(C)C)C(C)C)ccc1OC. The summed E-state index contributed by atoms with van der Waals surface area (Å²) >= 11 is 0. The predicted molar refractivity (Wildman–Crippen MR) is 151 cm³/mol. The van der Waals surface area contributed by atoms with Gasteiger partial charge in [0.15, 0.2) is 11.5 Å². The highest BCUT2D eigenvalue weighted by molar-refractivity contribution is 5.83. The Morgan fingerprint density at radius 1 is 1.03 bits per heavy atom. The number of carbonyl (C=O) groups is 2. The van der Waals surface area contributed by atoms with Gasteiger partial charge < -0.3 is 30.4 Å². The first-order chi connectivity index (χ1) is 17.8. The normalized spacial score (nSPS) is 14.3. The Balaban J connectivity index is 2.77. The molecule has 0 fully saturated rings. The van der Waals surface area contributed by atoms with Crippen LogP contribution >= 0.6 is 0 Å². The molecule has 1 rings (SSSR count). The van der Waals surface area contributed by atoms with E-state index < -0.39 is 17.4 Å². The first kappa shape index (κ1) is 33.7. The summed E-state index contributed by atoms with van der Waals surface area (Å²) in [6.07, 6.45) is 2.91. The molecule has 0 heterocycles. The van der Waals surface area contributed by atoms with Crippen molar-refractivity contribution >= 4 is 11.8 Å². The molecule has 0 aliphatic rings. The first-order valence-corrected chi connectivity index (χ1v) is 13.9. The number of primary amides is 1. The molecule has 1 aromatic rings. The standard InChI is InChI=1S/C30H52N2O6/c1-20(2)23(16-22-10-13-26(37-8)27(17-22)38-15-9-14-36-7)11-12-24(33)18-25(21(3)4)28(34)32-19-30(5,6)29(31)35/h10,13,17,20-21,23-25,33H,9,11-12,14-16,18-19H2,1-8H3,(H2,31,35)(H,32,34). The lowest BCUT2D eigenvalue weighted by atomic mass is 9.82. The van der Waals surface area contributed by atoms with Gasteiger partial charge in [-0.2, -0.15) is 0 Å². The predicted octanol–water partition coefficient (Wildman–Crippen LogP) is 4.36. The highest BCUT2D eigenvalue weighted by Crippen LogP contribution is 2.32. The Morgan fingerprint density at radius 2 is 1.71 bits per heavy atom. The molecule has 0 aliphatic carbocycles. The number of carbonyl (C=O) groups excluding carboxylic acids is 2. The number of aliphatic hydroxyl groups excluding tert-OH is 1. The Kier molecular flexibility index (Phi) is 14.7. The van der Waals surface area contributed by atoms with Crippen LogP contribution in [0.1, 0.15) is 72.8 Å². The van der Waals surface area contributed by atoms with Crippen LogP contribution in [0.5, 0.6) is 11.5 Å². The molecule has 0 saturated carbocycles. The van der Waals surface area contributed by atoms with E-state index in [0.29, 0.717) is 43.6 Å². The van der Waals surface area contributed by atoms with Crippen LogP contribution in [0.25, 0.3) is 0 Å². The van der Waals surface area contributed by atoms with E-state index >= 15 is 0 Å². The summed E-state index contributed by atoms with van der Waals surface area (Å²) in [4.78, 5) is 24.5. The van der Waals surface area contributed by atoms with Crippen molar-refractivity contribution in [1.82, 2.24) is 5.32 Å². The monoisotopic (exact) mass is 536 g/mol. The van der Waals surface area contributed by atoms with Crippen molar-refractivity contribution in [2.75, 3.05) is 34.0 Å². The van der Waals surface area contributed by atoms with Gasteiger partial charge in [-0.3, -0.25) is 9.59 Å². The van der Waals surface area contributed by atoms with Crippen molar-refractivity contribution in [3.8, 4) is 11.5 Å². The fourth-order valence-electron chi connectivity index (χ4n) is 4.35. The third-order valence-corrected chi connectivity index (χ3v) is 7.33. The lowest BCUT2D eigenvalue weighted by Crippen LogP contribution is -2.45. The number of ether oxygens (including phenoxy) is 3. The van der Waals surface area contributed by atoms with E-state index in [0.717, 1.165) is 30.6 Å². The molecule has 218 valence electrons. The van der Waals surface area contributed by atoms with Gasteiger partial charge in [0.05, 0.1) is 25.2 Å². The third kappa shape index (κ3) is 11.6. The third-order valence-electron chi connectivity index (χ3n) is 7.33. The molecule has 3 atom stereocenters. The fourth-order valence-corrected chi connectivity index (χ4v) is 4.35. The largest absolute Gasteiger partial charge is 0.493 e. The van der Waals surface area contributed by atoms with Gasteiger partial charge in [-0.05, 0) is 75.0 Å². The van der Waals surface area contributed by atoms with Crippen molar-refractivity contribution in [2.45, 2.75) is 79.8 Å². The molecule has 8 nitrogen and oxygen atoms in total. The van der Waals surface area contributed by atoms with Crippen LogP contribution in [0.2, 0.25) is 0 Å². The van der Waals surface area contributed by atoms with Crippen LogP contribution in [0.15, 0.2) is 18.2 Å². The van der Waals surface area contributed by atoms with E-state index in [2.05, 4.69) is 25.2 Å². The second kappa shape index (κ2) is 16.6. The van der Waals surface area contributed by atoms with Gasteiger partial charge in [0.25, 0.3) is 0 Å². The van der Waals surface area contributed by atoms with Crippen molar-refractivity contribution < 1.29 is 28.9 Å². The molecule has 0 saturated heterocycles. The van der Waals surface area contributed by atoms with Gasteiger partial charge in [-0.1, -0.05) is 33.8 Å². The molecule has 8 heteroatoms. The molecule has 3 unspecified atom stereocenters. The lowest BCUT2D eigenvalue weighted by molar-refractivity contribution is -0.130. The number of rotatable bonds is 19. The molecular formula is C30H52N2O6. The Morgan fingerprint density at radius 3 is 2.26 bits per heavy atom. The quantitative estimate of drug-likeness (QED) is 0.226. The summed E-state index contributed by atoms with van der Waals surface area (Å²) in [6.45, 7) is 13.2. The van der Waals surface area contributed by atoms with Crippen LogP contribution in [0.3, 0.4) is 0 Å². The smallest absolute Gasteiger partial charge is 0.224 e. The number of hydrogen-bond acceptors (Lipinski definition) is 6. The van der Waals surface area contributed by atoms with Crippen LogP contribution < -0.4 is 20.5 Å². The maximum absolute atomic E-state index is 12.9. The van der Waals surface area contributed by atoms with E-state index in [1.165, 1.54) is 0 Å². The Hall–Kier alpha value is -2.32. The second-order valence-corrected chi connectivity index (χ2v) is 11.7. The van der Waals surface area contributed by atoms with Gasteiger partial charge in [0.1, 0.15) is 0 Å². The molecule has 38 heavy (non-hydrogen) atoms. The molecule has 0 bridgehead atoms. The van der Waals surface area contributed by atoms with Crippen molar-refractivity contribution in [3.63, 3.8) is 0 Å². The van der Waals surface area contributed by atoms with Gasteiger partial charge in [-0.25, -0.2) is 0 Å². The topological polar surface area (TPSA) is 120 Å². The molecular weight excluding hydrogens is 484 g/mol. The van der Waals surface area contributed by atoms with Crippen LogP contribution in [0.4, 0.5) is 0 Å². The number of nitrogens with one attached hydrogen (secondary N) is 1. The second-order valence-electron chi connectivity index (χ2n) is 11.7. The molecule has 0 aromatic heterocycles. The summed E-state index contributed by atoms with van der Waals surface area (Å²) in [5.74, 6) is 1.34. The average Bonchev–Trinajstić information content (AvgIpc) is 2.85. The lowest BCUT2D eigenvalue weighted by Gasteiger charge is -2.27. The Labute approximate surface area is 230 Å². The van der Waals surface area contributed by atoms with E-state index in [9.17, 15) is 14.7 Å². The maximum atomic E-state index is 12.9. The van der Waals surface area contributed by atoms with Gasteiger partial charge >= 0.3 is 0 Å². The van der Waals surface area contributed by atoms with E-state index in [-0.39, 0.29) is 24.3 Å². The molecule has 4 N–H and O–H groups in total. The minimum atomic E-state index is -0.823. The molecule has 0 spiro atoms. The van der Waals surface area contributed by atoms with Crippen LogP contribution in [-0.2, 0) is 20.7 Å². The molecule has 0 radical (unpaired) electrons. The number of nitrogens with two attached hydrogens (primary N) is 1. The van der Waals surface area contributed by atoms with Gasteiger partial charge in [-0.15, -0.1) is 0 Å². The van der Waals surface area contributed by atoms with Crippen molar-refractivity contribution in [3.05, 3.63) is 23.8 Å². The van der Waals surface area contributed by atoms with Crippen LogP contribution in [0, 0.1) is 29.1 Å². The summed E-state index contributed by atoms with van der Waals surface area (Å²) in [6, 6.07) is 6.06. The summed E-state index contributed by atoms with van der Waals surface area (Å²) in [7, 11) is 3.31. The number of amides is 2. The zero-order valence-corrected chi connectivity index (χ0v) is 24.8. The highest BCUT2D eigenvalue weighted by atomic mass is 16.5. The summed E-state index contributed by atoms with van der Waals surface area (Å²) < 4.78 is 16.5. The summed E-state index contributed by atoms with van der Waals surface area (Å²) in [5, 5.41) is 13.7. The minimum absolute atomic E-state index is 0.0591. The number of aliphatic hydroxyl groups is 1. The van der Waals surface area contributed by atoms with Crippen LogP contribution in [-0.4, -0.2) is 57.0 Å². The van der Waals surface area contributed by atoms with E-state index in [1.807, 2.05) is 26.0 Å². The Bertz CT molecular complexity index is 855. The van der Waals surface area contributed by atoms with E-state index in [1.54, 1.807) is 28.1 Å². The zero-order valence-electron chi connectivity index (χ0n) is 24.8. The maximum Gasteiger partial charge on any atom is 0.224 e. The number of benzene rings is 1. The molecule has 0 aliphatic heterocycles. The summed E-state index contributed by atoms with van der Waals surface area (Å²) in [5.41, 5.74) is 5.77. The van der Waals surface area contributed by atoms with Crippen molar-refractivity contribution in [2.24, 2.45) is 34.8 Å². The van der Waals surface area contributed by atoms with Gasteiger partial charge in [0, 0.05) is 32.6 Å². The highest BCUT2D eigenvalue weighted by Gasteiger charge is 2.30. The molecule has 1 aromatic carbocycles. The number of methoxy groups -OCH3 is 2. The van der Waals surface area contributed by atoms with Crippen molar-refractivity contribution in [1.29, 1.82) is 0 Å². The van der Waals surface area contributed by atoms with Gasteiger partial charge in [0.2, 0.25) is 11.8 Å². The average molecular weight is 537 g/mol.